The molecule has 0 bridgehead atoms. The number of tetrazole rings is 1. The lowest BCUT2D eigenvalue weighted by Crippen LogP contribution is -2.48. The topological polar surface area (TPSA) is 108 Å². The highest BCUT2D eigenvalue weighted by Crippen LogP contribution is 2.19. The van der Waals surface area contributed by atoms with Gasteiger partial charge in [0.1, 0.15) is 5.82 Å². The van der Waals surface area contributed by atoms with Crippen LogP contribution in [0.2, 0.25) is 0 Å². The summed E-state index contributed by atoms with van der Waals surface area (Å²) in [6.07, 6.45) is 1.01. The summed E-state index contributed by atoms with van der Waals surface area (Å²) in [7, 11) is 1.74. The van der Waals surface area contributed by atoms with Crippen LogP contribution in [0.5, 0.6) is 0 Å². The van der Waals surface area contributed by atoms with E-state index in [-0.39, 0.29) is 5.82 Å². The van der Waals surface area contributed by atoms with Gasteiger partial charge in [0.15, 0.2) is 5.82 Å². The number of halogens is 1. The standard InChI is InChI=1S/C24H32FN7O2/c1-4-32(14-6-7-18-10-12-20(25)13-11-18)16-22(33)17(2)26-24(34)27-21-9-5-8-19(15-21)23-28-29-30-31(23)3/h5,8-13,15,17,22,33H,4,6-7,14,16H2,1-3H3,(H2,26,27,34)/t17-,22-/m1/s1. The number of carbonyl (C=O) groups excluding carboxylic acids is 1. The number of nitrogens with one attached hydrogen (secondary N) is 2. The highest BCUT2D eigenvalue weighted by molar-refractivity contribution is 5.90. The van der Waals surface area contributed by atoms with Crippen LogP contribution < -0.4 is 10.6 Å². The summed E-state index contributed by atoms with van der Waals surface area (Å²) < 4.78 is 14.6. The second kappa shape index (κ2) is 12.2. The Labute approximate surface area is 199 Å². The molecule has 0 unspecified atom stereocenters. The van der Waals surface area contributed by atoms with Crippen LogP contribution in [0.4, 0.5) is 14.9 Å². The minimum absolute atomic E-state index is 0.233. The molecule has 3 aromatic rings. The second-order valence-electron chi connectivity index (χ2n) is 8.28. The van der Waals surface area contributed by atoms with Crippen molar-refractivity contribution in [3.05, 3.63) is 59.9 Å². The van der Waals surface area contributed by atoms with E-state index in [0.717, 1.165) is 37.1 Å². The molecular formula is C24H32FN7O2. The predicted octanol–water partition coefficient (Wildman–Crippen LogP) is 2.84. The average Bonchev–Trinajstić information content (AvgIpc) is 3.25. The third-order valence-corrected chi connectivity index (χ3v) is 5.68. The van der Waals surface area contributed by atoms with E-state index < -0.39 is 18.2 Å². The van der Waals surface area contributed by atoms with Crippen LogP contribution in [-0.2, 0) is 13.5 Å². The van der Waals surface area contributed by atoms with Crippen molar-refractivity contribution >= 4 is 11.7 Å². The monoisotopic (exact) mass is 469 g/mol. The number of aromatic nitrogens is 4. The van der Waals surface area contributed by atoms with Gasteiger partial charge in [-0.2, -0.15) is 0 Å². The minimum Gasteiger partial charge on any atom is -0.390 e. The van der Waals surface area contributed by atoms with E-state index in [1.165, 1.54) is 12.1 Å². The van der Waals surface area contributed by atoms with Crippen LogP contribution in [0.25, 0.3) is 11.4 Å². The second-order valence-corrected chi connectivity index (χ2v) is 8.28. The molecule has 2 atom stereocenters. The Kier molecular flexibility index (Phi) is 9.06. The van der Waals surface area contributed by atoms with Crippen molar-refractivity contribution in [2.75, 3.05) is 25.0 Å². The number of hydrogen-bond donors (Lipinski definition) is 3. The van der Waals surface area contributed by atoms with Gasteiger partial charge in [0.2, 0.25) is 0 Å². The molecule has 0 spiro atoms. The summed E-state index contributed by atoms with van der Waals surface area (Å²) in [5, 5.41) is 27.7. The fourth-order valence-electron chi connectivity index (χ4n) is 3.64. The first kappa shape index (κ1) is 25.3. The zero-order valence-corrected chi connectivity index (χ0v) is 19.8. The molecule has 0 aliphatic carbocycles. The Morgan fingerprint density at radius 3 is 2.68 bits per heavy atom. The van der Waals surface area contributed by atoms with Gasteiger partial charge in [-0.15, -0.1) is 5.10 Å². The molecule has 0 saturated carbocycles. The van der Waals surface area contributed by atoms with Gasteiger partial charge in [-0.1, -0.05) is 31.2 Å². The SMILES string of the molecule is CCN(CCCc1ccc(F)cc1)C[C@@H](O)[C@@H](C)NC(=O)Nc1cccc(-c2nnnn2C)c1. The van der Waals surface area contributed by atoms with Crippen LogP contribution in [0.1, 0.15) is 25.8 Å². The fourth-order valence-corrected chi connectivity index (χ4v) is 3.64. The molecular weight excluding hydrogens is 437 g/mol. The lowest BCUT2D eigenvalue weighted by Gasteiger charge is -2.27. The lowest BCUT2D eigenvalue weighted by atomic mass is 10.1. The van der Waals surface area contributed by atoms with Gasteiger partial charge in [-0.25, -0.2) is 13.9 Å². The van der Waals surface area contributed by atoms with E-state index in [2.05, 4.69) is 31.1 Å². The molecule has 1 aromatic heterocycles. The maximum Gasteiger partial charge on any atom is 0.319 e. The number of carbonyl (C=O) groups is 1. The summed E-state index contributed by atoms with van der Waals surface area (Å²) in [5.74, 6) is 0.356. The van der Waals surface area contributed by atoms with Gasteiger partial charge in [-0.05, 0) is 73.1 Å². The quantitative estimate of drug-likeness (QED) is 0.399. The molecule has 34 heavy (non-hydrogen) atoms. The number of anilines is 1. The van der Waals surface area contributed by atoms with Crippen molar-refractivity contribution in [2.24, 2.45) is 7.05 Å². The average molecular weight is 470 g/mol. The van der Waals surface area contributed by atoms with Gasteiger partial charge < -0.3 is 20.6 Å². The minimum atomic E-state index is -0.729. The van der Waals surface area contributed by atoms with Crippen molar-refractivity contribution in [2.45, 2.75) is 38.8 Å². The first-order valence-corrected chi connectivity index (χ1v) is 11.4. The molecule has 0 aliphatic rings. The Bertz CT molecular complexity index is 1060. The number of rotatable bonds is 11. The highest BCUT2D eigenvalue weighted by atomic mass is 19.1. The Hall–Kier alpha value is -3.37. The van der Waals surface area contributed by atoms with E-state index >= 15 is 0 Å². The van der Waals surface area contributed by atoms with Crippen molar-refractivity contribution in [1.82, 2.24) is 30.4 Å². The Morgan fingerprint density at radius 2 is 2.00 bits per heavy atom. The number of nitrogens with zero attached hydrogens (tertiary/aromatic N) is 5. The van der Waals surface area contributed by atoms with E-state index in [0.29, 0.717) is 18.1 Å². The number of aliphatic hydroxyl groups is 1. The van der Waals surface area contributed by atoms with Crippen LogP contribution in [0, 0.1) is 5.82 Å². The largest absolute Gasteiger partial charge is 0.390 e. The molecule has 0 aliphatic heterocycles. The van der Waals surface area contributed by atoms with Gasteiger partial charge in [-0.3, -0.25) is 0 Å². The summed E-state index contributed by atoms with van der Waals surface area (Å²) in [5.41, 5.74) is 2.46. The summed E-state index contributed by atoms with van der Waals surface area (Å²) in [6.45, 7) is 5.83. The van der Waals surface area contributed by atoms with Gasteiger partial charge in [0.05, 0.1) is 12.1 Å². The van der Waals surface area contributed by atoms with Crippen molar-refractivity contribution in [1.29, 1.82) is 0 Å². The first-order valence-electron chi connectivity index (χ1n) is 11.4. The van der Waals surface area contributed by atoms with Gasteiger partial charge >= 0.3 is 6.03 Å². The number of urea groups is 1. The molecule has 2 amide bonds. The van der Waals surface area contributed by atoms with Crippen LogP contribution >= 0.6 is 0 Å². The first-order chi connectivity index (χ1) is 16.4. The van der Waals surface area contributed by atoms with Crippen molar-refractivity contribution < 1.29 is 14.3 Å². The normalized spacial score (nSPS) is 13.0. The van der Waals surface area contributed by atoms with Gasteiger partial charge in [0.25, 0.3) is 0 Å². The van der Waals surface area contributed by atoms with E-state index in [9.17, 15) is 14.3 Å². The summed E-state index contributed by atoms with van der Waals surface area (Å²) in [4.78, 5) is 14.6. The Balaban J connectivity index is 1.45. The highest BCUT2D eigenvalue weighted by Gasteiger charge is 2.19. The molecule has 1 heterocycles. The maximum atomic E-state index is 13.0. The van der Waals surface area contributed by atoms with Crippen LogP contribution in [0.3, 0.4) is 0 Å². The summed E-state index contributed by atoms with van der Waals surface area (Å²) >= 11 is 0. The number of aliphatic hydroxyl groups excluding tert-OH is 1. The molecule has 182 valence electrons. The number of benzene rings is 2. The van der Waals surface area contributed by atoms with E-state index in [1.54, 1.807) is 42.9 Å². The molecule has 3 rings (SSSR count). The van der Waals surface area contributed by atoms with Crippen LogP contribution in [-0.4, -0.2) is 68.0 Å². The fraction of sp³-hybridized carbons (Fsp3) is 0.417. The molecule has 3 N–H and O–H groups in total. The third kappa shape index (κ3) is 7.32. The predicted molar refractivity (Wildman–Crippen MR) is 129 cm³/mol. The molecule has 10 heteroatoms. The Morgan fingerprint density at radius 1 is 1.24 bits per heavy atom. The third-order valence-electron chi connectivity index (χ3n) is 5.68. The number of hydrogen-bond acceptors (Lipinski definition) is 6. The molecule has 0 saturated heterocycles. The zero-order chi connectivity index (χ0) is 24.5. The molecule has 9 nitrogen and oxygen atoms in total. The van der Waals surface area contributed by atoms with E-state index in [1.807, 2.05) is 19.1 Å². The lowest BCUT2D eigenvalue weighted by molar-refractivity contribution is 0.0891. The maximum absolute atomic E-state index is 13.0. The summed E-state index contributed by atoms with van der Waals surface area (Å²) in [6, 6.07) is 12.9. The molecule has 0 fully saturated rings. The number of likely N-dealkylation sites (N-methyl/N-ethyl adjacent to an activating group) is 1. The van der Waals surface area contributed by atoms with Crippen molar-refractivity contribution in [3.8, 4) is 11.4 Å². The molecule has 0 radical (unpaired) electrons. The van der Waals surface area contributed by atoms with Crippen LogP contribution in [0.15, 0.2) is 48.5 Å². The van der Waals surface area contributed by atoms with Crippen molar-refractivity contribution in [3.63, 3.8) is 0 Å². The number of amides is 2. The zero-order valence-electron chi connectivity index (χ0n) is 19.8. The smallest absolute Gasteiger partial charge is 0.319 e. The van der Waals surface area contributed by atoms with E-state index in [4.69, 9.17) is 0 Å². The number of aryl methyl sites for hydroxylation is 2. The molecule has 2 aromatic carbocycles. The van der Waals surface area contributed by atoms with Gasteiger partial charge in [0, 0.05) is 24.8 Å².